The second kappa shape index (κ2) is 3.14. The van der Waals surface area contributed by atoms with Gasteiger partial charge in [0, 0.05) is 24.7 Å². The summed E-state index contributed by atoms with van der Waals surface area (Å²) in [5.41, 5.74) is 8.03. The number of imidazole rings is 1. The molecule has 0 radical (unpaired) electrons. The SMILES string of the molecule is Cc1nc(CN)c(C(C)(C)C)n1C. The van der Waals surface area contributed by atoms with Gasteiger partial charge in [-0.3, -0.25) is 0 Å². The van der Waals surface area contributed by atoms with Gasteiger partial charge in [-0.05, 0) is 6.92 Å². The maximum Gasteiger partial charge on any atom is 0.105 e. The number of nitrogens with two attached hydrogens (primary N) is 1. The van der Waals surface area contributed by atoms with Crippen molar-refractivity contribution in [1.29, 1.82) is 0 Å². The molecule has 0 atom stereocenters. The Morgan fingerprint density at radius 2 is 1.92 bits per heavy atom. The van der Waals surface area contributed by atoms with Crippen LogP contribution < -0.4 is 5.73 Å². The smallest absolute Gasteiger partial charge is 0.105 e. The van der Waals surface area contributed by atoms with E-state index >= 15 is 0 Å². The number of nitrogens with zero attached hydrogens (tertiary/aromatic N) is 2. The number of hydrogen-bond acceptors (Lipinski definition) is 2. The van der Waals surface area contributed by atoms with Crippen LogP contribution in [-0.2, 0) is 19.0 Å². The molecule has 1 aromatic heterocycles. The second-order valence-electron chi connectivity index (χ2n) is 4.47. The van der Waals surface area contributed by atoms with Crippen LogP contribution in [0.5, 0.6) is 0 Å². The largest absolute Gasteiger partial charge is 0.335 e. The molecule has 0 unspecified atom stereocenters. The van der Waals surface area contributed by atoms with Gasteiger partial charge < -0.3 is 10.3 Å². The Bertz CT molecular complexity index is 305. The van der Waals surface area contributed by atoms with E-state index in [2.05, 4.69) is 30.3 Å². The Balaban J connectivity index is 3.33. The molecule has 0 fully saturated rings. The summed E-state index contributed by atoms with van der Waals surface area (Å²) in [7, 11) is 2.04. The number of hydrogen-bond donors (Lipinski definition) is 1. The van der Waals surface area contributed by atoms with E-state index in [1.54, 1.807) is 0 Å². The molecule has 0 aliphatic carbocycles. The third-order valence-electron chi connectivity index (χ3n) is 2.29. The van der Waals surface area contributed by atoms with Crippen molar-refractivity contribution in [3.63, 3.8) is 0 Å². The van der Waals surface area contributed by atoms with Crippen LogP contribution in [0.4, 0.5) is 0 Å². The summed E-state index contributed by atoms with van der Waals surface area (Å²) in [5, 5.41) is 0. The van der Waals surface area contributed by atoms with Gasteiger partial charge in [-0.25, -0.2) is 4.98 Å². The molecule has 0 saturated heterocycles. The zero-order valence-corrected chi connectivity index (χ0v) is 9.18. The van der Waals surface area contributed by atoms with Crippen LogP contribution in [0.15, 0.2) is 0 Å². The topological polar surface area (TPSA) is 43.8 Å². The van der Waals surface area contributed by atoms with Crippen molar-refractivity contribution in [1.82, 2.24) is 9.55 Å². The van der Waals surface area contributed by atoms with Crippen LogP contribution in [-0.4, -0.2) is 9.55 Å². The third-order valence-corrected chi connectivity index (χ3v) is 2.29. The fraction of sp³-hybridized carbons (Fsp3) is 0.700. The van der Waals surface area contributed by atoms with Gasteiger partial charge in [0.1, 0.15) is 5.82 Å². The van der Waals surface area contributed by atoms with Gasteiger partial charge in [0.05, 0.1) is 5.69 Å². The Morgan fingerprint density at radius 3 is 2.23 bits per heavy atom. The van der Waals surface area contributed by atoms with Crippen LogP contribution in [0.25, 0.3) is 0 Å². The first-order valence-electron chi connectivity index (χ1n) is 4.60. The molecule has 1 heterocycles. The summed E-state index contributed by atoms with van der Waals surface area (Å²) in [4.78, 5) is 4.43. The van der Waals surface area contributed by atoms with E-state index in [0.717, 1.165) is 11.5 Å². The lowest BCUT2D eigenvalue weighted by Crippen LogP contribution is -2.19. The summed E-state index contributed by atoms with van der Waals surface area (Å²) >= 11 is 0. The van der Waals surface area contributed by atoms with E-state index in [0.29, 0.717) is 6.54 Å². The second-order valence-corrected chi connectivity index (χ2v) is 4.47. The molecule has 13 heavy (non-hydrogen) atoms. The van der Waals surface area contributed by atoms with Crippen LogP contribution in [0.1, 0.15) is 38.0 Å². The molecule has 0 bridgehead atoms. The molecule has 74 valence electrons. The van der Waals surface area contributed by atoms with Gasteiger partial charge in [-0.15, -0.1) is 0 Å². The van der Waals surface area contributed by atoms with E-state index in [-0.39, 0.29) is 5.41 Å². The standard InChI is InChI=1S/C10H19N3/c1-7-12-8(6-11)9(13(7)5)10(2,3)4/h6,11H2,1-5H3. The van der Waals surface area contributed by atoms with Crippen molar-refractivity contribution in [2.75, 3.05) is 0 Å². The Kier molecular flexibility index (Phi) is 2.48. The normalized spacial score (nSPS) is 12.2. The predicted octanol–water partition coefficient (Wildman–Crippen LogP) is 1.48. The van der Waals surface area contributed by atoms with Crippen LogP contribution in [0.2, 0.25) is 0 Å². The molecule has 0 amide bonds. The number of aryl methyl sites for hydroxylation is 1. The van der Waals surface area contributed by atoms with Crippen LogP contribution in [0, 0.1) is 6.92 Å². The molecule has 1 aromatic rings. The molecular formula is C10H19N3. The molecule has 3 nitrogen and oxygen atoms in total. The third kappa shape index (κ3) is 1.75. The van der Waals surface area contributed by atoms with E-state index < -0.39 is 0 Å². The summed E-state index contributed by atoms with van der Waals surface area (Å²) < 4.78 is 2.13. The molecule has 1 rings (SSSR count). The highest BCUT2D eigenvalue weighted by Crippen LogP contribution is 2.25. The monoisotopic (exact) mass is 181 g/mol. The van der Waals surface area contributed by atoms with Crippen molar-refractivity contribution >= 4 is 0 Å². The zero-order valence-electron chi connectivity index (χ0n) is 9.18. The van der Waals surface area contributed by atoms with Gasteiger partial charge in [-0.1, -0.05) is 20.8 Å². The quantitative estimate of drug-likeness (QED) is 0.713. The minimum atomic E-state index is 0.116. The van der Waals surface area contributed by atoms with Crippen LogP contribution in [0.3, 0.4) is 0 Å². The zero-order chi connectivity index (χ0) is 10.2. The highest BCUT2D eigenvalue weighted by Gasteiger charge is 2.23. The molecular weight excluding hydrogens is 162 g/mol. The van der Waals surface area contributed by atoms with Crippen molar-refractivity contribution in [3.8, 4) is 0 Å². The number of aromatic nitrogens is 2. The Labute approximate surface area is 80.0 Å². The average Bonchev–Trinajstić information content (AvgIpc) is 2.26. The van der Waals surface area contributed by atoms with Gasteiger partial charge in [0.25, 0.3) is 0 Å². The van der Waals surface area contributed by atoms with Gasteiger partial charge in [-0.2, -0.15) is 0 Å². The minimum Gasteiger partial charge on any atom is -0.335 e. The molecule has 0 aliphatic rings. The first-order chi connectivity index (χ1) is 5.88. The average molecular weight is 181 g/mol. The fourth-order valence-corrected chi connectivity index (χ4v) is 1.76. The van der Waals surface area contributed by atoms with E-state index in [1.807, 2.05) is 14.0 Å². The Morgan fingerprint density at radius 1 is 1.38 bits per heavy atom. The molecule has 2 N–H and O–H groups in total. The summed E-state index contributed by atoms with van der Waals surface area (Å²) in [6.07, 6.45) is 0. The molecule has 0 aliphatic heterocycles. The maximum atomic E-state index is 5.65. The lowest BCUT2D eigenvalue weighted by atomic mass is 9.90. The highest BCUT2D eigenvalue weighted by molar-refractivity contribution is 5.23. The van der Waals surface area contributed by atoms with Crippen molar-refractivity contribution in [2.45, 2.75) is 39.7 Å². The van der Waals surface area contributed by atoms with E-state index in [1.165, 1.54) is 5.69 Å². The van der Waals surface area contributed by atoms with Crippen molar-refractivity contribution in [2.24, 2.45) is 12.8 Å². The molecule has 0 saturated carbocycles. The highest BCUT2D eigenvalue weighted by atomic mass is 15.1. The maximum absolute atomic E-state index is 5.65. The lowest BCUT2D eigenvalue weighted by Gasteiger charge is -2.21. The first-order valence-corrected chi connectivity index (χ1v) is 4.60. The minimum absolute atomic E-state index is 0.116. The first kappa shape index (κ1) is 10.3. The molecule has 0 aromatic carbocycles. The number of rotatable bonds is 1. The Hall–Kier alpha value is -0.830. The van der Waals surface area contributed by atoms with E-state index in [4.69, 9.17) is 5.73 Å². The van der Waals surface area contributed by atoms with Gasteiger partial charge in [0.2, 0.25) is 0 Å². The van der Waals surface area contributed by atoms with Gasteiger partial charge in [0.15, 0.2) is 0 Å². The predicted molar refractivity (Wildman–Crippen MR) is 54.5 cm³/mol. The lowest BCUT2D eigenvalue weighted by molar-refractivity contribution is 0.533. The summed E-state index contributed by atoms with van der Waals surface area (Å²) in [6.45, 7) is 9.08. The fourth-order valence-electron chi connectivity index (χ4n) is 1.76. The molecule has 0 spiro atoms. The van der Waals surface area contributed by atoms with Crippen molar-refractivity contribution in [3.05, 3.63) is 17.2 Å². The van der Waals surface area contributed by atoms with Gasteiger partial charge >= 0.3 is 0 Å². The van der Waals surface area contributed by atoms with Crippen molar-refractivity contribution < 1.29 is 0 Å². The van der Waals surface area contributed by atoms with E-state index in [9.17, 15) is 0 Å². The molecule has 3 heteroatoms. The van der Waals surface area contributed by atoms with Crippen LogP contribution >= 0.6 is 0 Å². The summed E-state index contributed by atoms with van der Waals surface area (Å²) in [5.74, 6) is 1.03. The summed E-state index contributed by atoms with van der Waals surface area (Å²) in [6, 6.07) is 0.